The molecule has 1 fully saturated rings. The maximum absolute atomic E-state index is 14.3. The molecule has 5 rings (SSSR count). The number of halogens is 2. The van der Waals surface area contributed by atoms with Crippen LogP contribution in [0, 0.1) is 11.6 Å². The van der Waals surface area contributed by atoms with Crippen LogP contribution in [0.15, 0.2) is 35.2 Å². The molecular weight excluding hydrogens is 514 g/mol. The first kappa shape index (κ1) is 25.2. The van der Waals surface area contributed by atoms with Gasteiger partial charge < -0.3 is 19.5 Å². The fourth-order valence-electron chi connectivity index (χ4n) is 4.38. The van der Waals surface area contributed by atoms with Gasteiger partial charge in [0.25, 0.3) is 0 Å². The zero-order chi connectivity index (χ0) is 25.3. The molecule has 0 radical (unpaired) electrons. The molecule has 2 aliphatic rings. The number of aromatic nitrogens is 1. The summed E-state index contributed by atoms with van der Waals surface area (Å²) in [5.41, 5.74) is 0.730. The van der Waals surface area contributed by atoms with Gasteiger partial charge in [-0.2, -0.15) is 0 Å². The minimum Gasteiger partial charge on any atom is -0.490 e. The van der Waals surface area contributed by atoms with Gasteiger partial charge in [0.15, 0.2) is 5.13 Å². The van der Waals surface area contributed by atoms with Crippen molar-refractivity contribution in [3.05, 3.63) is 47.5 Å². The van der Waals surface area contributed by atoms with Crippen LogP contribution in [0.4, 0.5) is 13.9 Å². The molecule has 2 N–H and O–H groups in total. The second-order valence-electron chi connectivity index (χ2n) is 8.64. The first-order valence-electron chi connectivity index (χ1n) is 11.4. The maximum atomic E-state index is 14.3. The molecule has 13 heteroatoms. The largest absolute Gasteiger partial charge is 0.490 e. The van der Waals surface area contributed by atoms with E-state index < -0.39 is 33.7 Å². The van der Waals surface area contributed by atoms with E-state index in [1.807, 2.05) is 0 Å². The molecule has 1 saturated heterocycles. The Labute approximate surface area is 211 Å². The Kier molecular flexibility index (Phi) is 7.37. The van der Waals surface area contributed by atoms with E-state index in [-0.39, 0.29) is 29.4 Å². The number of hydrogen-bond acceptors (Lipinski definition) is 9. The lowest BCUT2D eigenvalue weighted by molar-refractivity contribution is 0.0294. The molecule has 2 aromatic carbocycles. The first-order valence-corrected chi connectivity index (χ1v) is 13.7. The Morgan fingerprint density at radius 3 is 2.83 bits per heavy atom. The number of rotatable bonds is 9. The lowest BCUT2D eigenvalue weighted by Crippen LogP contribution is -2.49. The molecule has 0 bridgehead atoms. The second kappa shape index (κ2) is 10.5. The van der Waals surface area contributed by atoms with E-state index in [9.17, 15) is 17.2 Å². The van der Waals surface area contributed by atoms with Crippen LogP contribution in [-0.4, -0.2) is 77.5 Å². The standard InChI is InChI=1S/C23H26F2N4O5S2/c1-32-12-15(11-29-4-6-33-7-5-29)28-36(30,31)16-2-3-21-18(10-16)26-23(35-21)27-19-13-34-20-9-14(24)8-17(25)22(19)20/h2-3,8-10,15,19,28H,4-7,11-13H2,1H3,(H,26,27). The number of nitrogens with zero attached hydrogens (tertiary/aromatic N) is 2. The average molecular weight is 541 g/mol. The first-order chi connectivity index (χ1) is 17.3. The number of benzene rings is 2. The van der Waals surface area contributed by atoms with Crippen molar-refractivity contribution in [2.24, 2.45) is 0 Å². The van der Waals surface area contributed by atoms with E-state index >= 15 is 0 Å². The molecule has 0 aliphatic carbocycles. The molecule has 2 unspecified atom stereocenters. The number of thiazole rings is 1. The van der Waals surface area contributed by atoms with Gasteiger partial charge in [0.1, 0.15) is 24.0 Å². The van der Waals surface area contributed by atoms with Crippen LogP contribution >= 0.6 is 11.3 Å². The summed E-state index contributed by atoms with van der Waals surface area (Å²) in [4.78, 5) is 6.72. The smallest absolute Gasteiger partial charge is 0.241 e. The van der Waals surface area contributed by atoms with Crippen molar-refractivity contribution < 1.29 is 31.4 Å². The number of fused-ring (bicyclic) bond motifs is 2. The van der Waals surface area contributed by atoms with Crippen molar-refractivity contribution in [2.45, 2.75) is 17.0 Å². The zero-order valence-corrected chi connectivity index (χ0v) is 21.1. The van der Waals surface area contributed by atoms with Gasteiger partial charge in [-0.3, -0.25) is 4.90 Å². The molecule has 3 heterocycles. The Bertz CT molecular complexity index is 1350. The summed E-state index contributed by atoms with van der Waals surface area (Å²) in [5.74, 6) is -1.23. The van der Waals surface area contributed by atoms with Crippen molar-refractivity contribution in [3.63, 3.8) is 0 Å². The highest BCUT2D eigenvalue weighted by molar-refractivity contribution is 7.89. The highest BCUT2D eigenvalue weighted by Crippen LogP contribution is 2.38. The molecule has 194 valence electrons. The zero-order valence-electron chi connectivity index (χ0n) is 19.5. The SMILES string of the molecule is COCC(CN1CCOCC1)NS(=O)(=O)c1ccc2sc(NC3COc4cc(F)cc(F)c43)nc2c1. The van der Waals surface area contributed by atoms with Gasteiger partial charge in [-0.05, 0) is 18.2 Å². The quantitative estimate of drug-likeness (QED) is 0.427. The lowest BCUT2D eigenvalue weighted by Gasteiger charge is -2.30. The molecule has 36 heavy (non-hydrogen) atoms. The average Bonchev–Trinajstić information content (AvgIpc) is 3.42. The Hall–Kier alpha value is -2.42. The van der Waals surface area contributed by atoms with Gasteiger partial charge in [-0.1, -0.05) is 11.3 Å². The van der Waals surface area contributed by atoms with Crippen LogP contribution in [0.3, 0.4) is 0 Å². The molecular formula is C23H26F2N4O5S2. The monoisotopic (exact) mass is 540 g/mol. The normalized spacial score (nSPS) is 19.2. The predicted molar refractivity (Wildman–Crippen MR) is 131 cm³/mol. The van der Waals surface area contributed by atoms with Crippen molar-refractivity contribution >= 4 is 36.7 Å². The Morgan fingerprint density at radius 1 is 1.25 bits per heavy atom. The molecule has 3 aromatic rings. The highest BCUT2D eigenvalue weighted by Gasteiger charge is 2.30. The van der Waals surface area contributed by atoms with Crippen molar-refractivity contribution in [2.75, 3.05) is 58.5 Å². The van der Waals surface area contributed by atoms with Gasteiger partial charge in [0.2, 0.25) is 10.0 Å². The predicted octanol–water partition coefficient (Wildman–Crippen LogP) is 2.75. The van der Waals surface area contributed by atoms with Gasteiger partial charge in [-0.25, -0.2) is 26.9 Å². The van der Waals surface area contributed by atoms with Gasteiger partial charge in [0.05, 0.1) is 52.6 Å². The van der Waals surface area contributed by atoms with Crippen molar-refractivity contribution in [1.82, 2.24) is 14.6 Å². The van der Waals surface area contributed by atoms with Crippen LogP contribution in [0.2, 0.25) is 0 Å². The second-order valence-corrected chi connectivity index (χ2v) is 11.4. The lowest BCUT2D eigenvalue weighted by atomic mass is 10.1. The van der Waals surface area contributed by atoms with E-state index in [1.54, 1.807) is 6.07 Å². The molecule has 9 nitrogen and oxygen atoms in total. The van der Waals surface area contributed by atoms with Crippen LogP contribution in [0.25, 0.3) is 10.2 Å². The molecule has 0 spiro atoms. The third-order valence-corrected chi connectivity index (χ3v) is 8.54. The number of sulfonamides is 1. The summed E-state index contributed by atoms with van der Waals surface area (Å²) >= 11 is 1.30. The fourth-order valence-corrected chi connectivity index (χ4v) is 6.51. The summed E-state index contributed by atoms with van der Waals surface area (Å²) in [6.07, 6.45) is 0. The van der Waals surface area contributed by atoms with E-state index in [1.165, 1.54) is 30.6 Å². The minimum atomic E-state index is -3.84. The van der Waals surface area contributed by atoms with Crippen LogP contribution in [0.1, 0.15) is 11.6 Å². The van der Waals surface area contributed by atoms with Crippen LogP contribution in [-0.2, 0) is 19.5 Å². The van der Waals surface area contributed by atoms with E-state index in [0.717, 1.165) is 29.9 Å². The third kappa shape index (κ3) is 5.45. The fraction of sp³-hybridized carbons (Fsp3) is 0.435. The number of hydrogen-bond donors (Lipinski definition) is 2. The van der Waals surface area contributed by atoms with Gasteiger partial charge in [-0.15, -0.1) is 0 Å². The van der Waals surface area contributed by atoms with E-state index in [2.05, 4.69) is 19.9 Å². The molecule has 2 aliphatic heterocycles. The summed E-state index contributed by atoms with van der Waals surface area (Å²) in [6, 6.07) is 5.73. The topological polar surface area (TPSA) is 102 Å². The summed E-state index contributed by atoms with van der Waals surface area (Å²) in [7, 11) is -2.30. The van der Waals surface area contributed by atoms with Gasteiger partial charge >= 0.3 is 0 Å². The molecule has 0 saturated carbocycles. The van der Waals surface area contributed by atoms with E-state index in [0.29, 0.717) is 30.4 Å². The van der Waals surface area contributed by atoms with E-state index in [4.69, 9.17) is 14.2 Å². The number of anilines is 1. The summed E-state index contributed by atoms with van der Waals surface area (Å²) in [5, 5.41) is 3.60. The van der Waals surface area contributed by atoms with Crippen molar-refractivity contribution in [3.8, 4) is 5.75 Å². The molecule has 0 amide bonds. The van der Waals surface area contributed by atoms with Crippen molar-refractivity contribution in [1.29, 1.82) is 0 Å². The number of methoxy groups -OCH3 is 1. The minimum absolute atomic E-state index is 0.0889. The number of morpholine rings is 1. The van der Waals surface area contributed by atoms with Crippen LogP contribution in [0.5, 0.6) is 5.75 Å². The summed E-state index contributed by atoms with van der Waals surface area (Å²) in [6.45, 7) is 3.57. The molecule has 2 atom stereocenters. The van der Waals surface area contributed by atoms with Gasteiger partial charge in [0, 0.05) is 38.9 Å². The third-order valence-electron chi connectivity index (χ3n) is 6.05. The van der Waals surface area contributed by atoms with Crippen LogP contribution < -0.4 is 14.8 Å². The summed E-state index contributed by atoms with van der Waals surface area (Å²) < 4.78 is 73.6. The maximum Gasteiger partial charge on any atom is 0.241 e. The number of ether oxygens (including phenoxy) is 3. The molecule has 1 aromatic heterocycles. The number of nitrogens with one attached hydrogen (secondary N) is 2. The Balaban J connectivity index is 1.32. The Morgan fingerprint density at radius 2 is 2.06 bits per heavy atom. The highest BCUT2D eigenvalue weighted by atomic mass is 32.2.